The van der Waals surface area contributed by atoms with E-state index in [0.717, 1.165) is 32.1 Å². The number of likely N-dealkylation sites (N-methyl/N-ethyl adjacent to an activating group) is 1. The number of hydrogen-bond donors (Lipinski definition) is 6. The van der Waals surface area contributed by atoms with Crippen molar-refractivity contribution in [2.75, 3.05) is 33.4 Å². The molecule has 0 radical (unpaired) electrons. The van der Waals surface area contributed by atoms with Gasteiger partial charge in [0.1, 0.15) is 24.2 Å². The van der Waals surface area contributed by atoms with Crippen molar-refractivity contribution in [1.82, 2.24) is 31.1 Å². The van der Waals surface area contributed by atoms with E-state index >= 15 is 0 Å². The predicted molar refractivity (Wildman–Crippen MR) is 182 cm³/mol. The van der Waals surface area contributed by atoms with E-state index in [0.29, 0.717) is 25.8 Å². The van der Waals surface area contributed by atoms with E-state index in [-0.39, 0.29) is 43.7 Å². The van der Waals surface area contributed by atoms with Gasteiger partial charge in [-0.3, -0.25) is 33.3 Å². The molecular formula is C34H62FN7O6. The monoisotopic (exact) mass is 683 g/mol. The van der Waals surface area contributed by atoms with Crippen LogP contribution in [-0.4, -0.2) is 120 Å². The Hall–Kier alpha value is -2.84. The molecule has 1 unspecified atom stereocenters. The van der Waals surface area contributed by atoms with Crippen molar-refractivity contribution in [1.29, 1.82) is 0 Å². The van der Waals surface area contributed by atoms with Crippen LogP contribution in [0.15, 0.2) is 0 Å². The Kier molecular flexibility index (Phi) is 17.8. The van der Waals surface area contributed by atoms with Gasteiger partial charge in [0.05, 0.1) is 18.8 Å². The minimum absolute atomic E-state index is 0.0266. The highest BCUT2D eigenvalue weighted by molar-refractivity contribution is 5.96. The van der Waals surface area contributed by atoms with Crippen LogP contribution in [0, 0.1) is 11.8 Å². The second kappa shape index (κ2) is 20.6. The second-order valence-corrected chi connectivity index (χ2v) is 14.1. The van der Waals surface area contributed by atoms with Crippen LogP contribution < -0.4 is 27.0 Å². The van der Waals surface area contributed by atoms with Crippen LogP contribution in [-0.2, 0) is 24.0 Å². The molecule has 7 N–H and O–H groups in total. The van der Waals surface area contributed by atoms with Crippen molar-refractivity contribution in [3.05, 3.63) is 0 Å². The lowest BCUT2D eigenvalue weighted by atomic mass is 9.83. The minimum atomic E-state index is -1.35. The Morgan fingerprint density at radius 3 is 2.12 bits per heavy atom. The molecule has 1 aliphatic heterocycles. The molecule has 0 spiro atoms. The molecule has 7 atom stereocenters. The fraction of sp³-hybridized carbons (Fsp3) is 0.853. The summed E-state index contributed by atoms with van der Waals surface area (Å²) in [5, 5.41) is 21.5. The van der Waals surface area contributed by atoms with Crippen molar-refractivity contribution in [3.8, 4) is 0 Å². The summed E-state index contributed by atoms with van der Waals surface area (Å²) in [6.45, 7) is 8.86. The van der Waals surface area contributed by atoms with Crippen LogP contribution in [0.4, 0.5) is 4.39 Å². The highest BCUT2D eigenvalue weighted by Gasteiger charge is 2.39. The van der Waals surface area contributed by atoms with Crippen LogP contribution in [0.1, 0.15) is 98.8 Å². The third-order valence-electron chi connectivity index (χ3n) is 9.48. The molecule has 2 fully saturated rings. The van der Waals surface area contributed by atoms with Gasteiger partial charge in [-0.15, -0.1) is 0 Å². The van der Waals surface area contributed by atoms with E-state index in [1.54, 1.807) is 14.0 Å². The minimum Gasteiger partial charge on any atom is -0.391 e. The van der Waals surface area contributed by atoms with E-state index in [9.17, 15) is 33.5 Å². The summed E-state index contributed by atoms with van der Waals surface area (Å²) in [6.07, 6.45) is 5.13. The van der Waals surface area contributed by atoms with Gasteiger partial charge >= 0.3 is 0 Å². The third kappa shape index (κ3) is 12.2. The number of carbonyl (C=O) groups excluding carboxylic acids is 5. The van der Waals surface area contributed by atoms with E-state index in [1.165, 1.54) is 11.8 Å². The van der Waals surface area contributed by atoms with Crippen LogP contribution in [0.3, 0.4) is 0 Å². The first kappa shape index (κ1) is 41.3. The lowest BCUT2D eigenvalue weighted by molar-refractivity contribution is -0.145. The summed E-state index contributed by atoms with van der Waals surface area (Å²) in [6, 6.07) is -5.79. The largest absolute Gasteiger partial charge is 0.391 e. The number of halogens is 1. The van der Waals surface area contributed by atoms with Crippen molar-refractivity contribution in [2.45, 2.75) is 141 Å². The number of aliphatic hydroxyl groups excluding tert-OH is 1. The van der Waals surface area contributed by atoms with Gasteiger partial charge in [-0.2, -0.15) is 0 Å². The molecule has 5 amide bonds. The summed E-state index contributed by atoms with van der Waals surface area (Å²) in [5.41, 5.74) is 5.92. The highest BCUT2D eigenvalue weighted by atomic mass is 19.1. The van der Waals surface area contributed by atoms with E-state index in [1.807, 2.05) is 25.7 Å². The highest BCUT2D eigenvalue weighted by Crippen LogP contribution is 2.27. The van der Waals surface area contributed by atoms with Gasteiger partial charge in [0.25, 0.3) is 0 Å². The molecule has 1 saturated heterocycles. The SMILES string of the molecule is CCCCN1C[C@@H](C)NC(=O)[C@H]([C@H](C)O)NC(=O)[C@H](CN)NC(=O)C(C2CCCCC2)NC(=O)[C@H](CC(C)C)N(C)C(=O)[C@@H]1CCCF. The molecule has 0 aromatic carbocycles. The van der Waals surface area contributed by atoms with Crippen LogP contribution in [0.5, 0.6) is 0 Å². The first-order valence-corrected chi connectivity index (χ1v) is 17.9. The van der Waals surface area contributed by atoms with E-state index in [4.69, 9.17) is 5.73 Å². The van der Waals surface area contributed by atoms with Gasteiger partial charge in [0.15, 0.2) is 0 Å². The number of rotatable bonds is 11. The molecule has 48 heavy (non-hydrogen) atoms. The van der Waals surface area contributed by atoms with Crippen LogP contribution in [0.25, 0.3) is 0 Å². The molecule has 2 rings (SSSR count). The molecule has 13 nitrogen and oxygen atoms in total. The molecule has 0 aromatic heterocycles. The third-order valence-corrected chi connectivity index (χ3v) is 9.48. The van der Waals surface area contributed by atoms with Crippen molar-refractivity contribution in [3.63, 3.8) is 0 Å². The number of aliphatic hydroxyl groups is 1. The molecule has 1 heterocycles. The number of amides is 5. The smallest absolute Gasteiger partial charge is 0.245 e. The summed E-state index contributed by atoms with van der Waals surface area (Å²) < 4.78 is 13.6. The van der Waals surface area contributed by atoms with Gasteiger partial charge < -0.3 is 37.0 Å². The quantitative estimate of drug-likeness (QED) is 0.186. The maximum absolute atomic E-state index is 14.4. The number of unbranched alkanes of at least 4 members (excludes halogenated alkanes) is 1. The number of nitrogens with one attached hydrogen (secondary N) is 4. The van der Waals surface area contributed by atoms with E-state index in [2.05, 4.69) is 21.3 Å². The van der Waals surface area contributed by atoms with Crippen molar-refractivity contribution in [2.24, 2.45) is 17.6 Å². The summed E-state index contributed by atoms with van der Waals surface area (Å²) >= 11 is 0. The van der Waals surface area contributed by atoms with Gasteiger partial charge in [-0.25, -0.2) is 0 Å². The summed E-state index contributed by atoms with van der Waals surface area (Å²) in [4.78, 5) is 72.5. The van der Waals surface area contributed by atoms with Gasteiger partial charge in [-0.05, 0) is 70.8 Å². The Morgan fingerprint density at radius 2 is 1.56 bits per heavy atom. The molecule has 0 aromatic rings. The lowest BCUT2D eigenvalue weighted by Crippen LogP contribution is -2.64. The molecular weight excluding hydrogens is 621 g/mol. The second-order valence-electron chi connectivity index (χ2n) is 14.1. The normalized spacial score (nSPS) is 29.0. The summed E-state index contributed by atoms with van der Waals surface area (Å²) in [7, 11) is 1.58. The predicted octanol–water partition coefficient (Wildman–Crippen LogP) is 0.972. The number of alkyl halides is 1. The Morgan fingerprint density at radius 1 is 0.896 bits per heavy atom. The first-order chi connectivity index (χ1) is 22.7. The summed E-state index contributed by atoms with van der Waals surface area (Å²) in [5.74, 6) is -2.95. The maximum Gasteiger partial charge on any atom is 0.245 e. The molecule has 276 valence electrons. The number of nitrogens with zero attached hydrogens (tertiary/aromatic N) is 2. The van der Waals surface area contributed by atoms with E-state index < -0.39 is 72.7 Å². The fourth-order valence-corrected chi connectivity index (χ4v) is 6.74. The van der Waals surface area contributed by atoms with Crippen molar-refractivity contribution < 1.29 is 33.5 Å². The average Bonchev–Trinajstić information content (AvgIpc) is 3.04. The Bertz CT molecular complexity index is 1060. The van der Waals surface area contributed by atoms with Gasteiger partial charge in [0, 0.05) is 26.2 Å². The van der Waals surface area contributed by atoms with Crippen molar-refractivity contribution >= 4 is 29.5 Å². The lowest BCUT2D eigenvalue weighted by Gasteiger charge is -2.39. The Labute approximate surface area is 286 Å². The zero-order valence-electron chi connectivity index (χ0n) is 29.9. The van der Waals surface area contributed by atoms with Gasteiger partial charge in [-0.1, -0.05) is 46.5 Å². The van der Waals surface area contributed by atoms with Crippen LogP contribution in [0.2, 0.25) is 0 Å². The fourth-order valence-electron chi connectivity index (χ4n) is 6.74. The van der Waals surface area contributed by atoms with Gasteiger partial charge in [0.2, 0.25) is 29.5 Å². The van der Waals surface area contributed by atoms with Crippen LogP contribution >= 0.6 is 0 Å². The first-order valence-electron chi connectivity index (χ1n) is 17.9. The maximum atomic E-state index is 14.4. The number of carbonyl (C=O) groups is 5. The molecule has 1 aliphatic carbocycles. The number of hydrogen-bond acceptors (Lipinski definition) is 8. The molecule has 1 saturated carbocycles. The molecule has 14 heteroatoms. The standard InChI is InChI=1S/C34H62FN7O6/c1-7-8-17-42-20-22(4)37-32(46)28(23(5)43)39-30(44)25(19-36)38-33(47)29(24-13-10-9-11-14-24)40-31(45)27(18-21(2)3)41(6)34(48)26(42)15-12-16-35/h21-29,43H,7-20,36H2,1-6H3,(H,37,46)(H,38,47)(H,39,44)(H,40,45)/t22-,23+,25+,26+,27+,28+,29?/m1/s1. The topological polar surface area (TPSA) is 186 Å². The average molecular weight is 684 g/mol. The number of nitrogens with two attached hydrogens (primary N) is 1. The zero-order chi connectivity index (χ0) is 36.0. The Balaban J connectivity index is 2.66. The zero-order valence-corrected chi connectivity index (χ0v) is 29.9. The molecule has 0 bridgehead atoms. The molecule has 2 aliphatic rings.